The molecule has 2 heterocycles. The Balaban J connectivity index is 1.44. The van der Waals surface area contributed by atoms with E-state index in [0.717, 1.165) is 23.0 Å². The lowest BCUT2D eigenvalue weighted by atomic mass is 10.1. The second kappa shape index (κ2) is 7.55. The van der Waals surface area contributed by atoms with Gasteiger partial charge in [-0.25, -0.2) is 0 Å². The molecule has 0 unspecified atom stereocenters. The molecule has 1 fully saturated rings. The van der Waals surface area contributed by atoms with Crippen molar-refractivity contribution in [3.05, 3.63) is 24.4 Å². The van der Waals surface area contributed by atoms with Gasteiger partial charge in [0, 0.05) is 17.8 Å². The molecule has 2 N–H and O–H groups in total. The Morgan fingerprint density at radius 1 is 0.960 bits per heavy atom. The van der Waals surface area contributed by atoms with Crippen molar-refractivity contribution in [1.29, 1.82) is 0 Å². The summed E-state index contributed by atoms with van der Waals surface area (Å²) >= 11 is 0. The smallest absolute Gasteiger partial charge is 0.249 e. The number of nitrogens with zero attached hydrogens (tertiary/aromatic N) is 3. The molecule has 1 aliphatic heterocycles. The van der Waals surface area contributed by atoms with Gasteiger partial charge in [-0.2, -0.15) is 10.1 Å². The molecule has 0 saturated heterocycles. The summed E-state index contributed by atoms with van der Waals surface area (Å²) in [5.74, 6) is 2.73. The van der Waals surface area contributed by atoms with Crippen LogP contribution in [0.4, 0.5) is 17.5 Å². The maximum Gasteiger partial charge on any atom is 0.249 e. The molecule has 2 aliphatic rings. The second-order valence-electron chi connectivity index (χ2n) is 6.48. The van der Waals surface area contributed by atoms with E-state index in [2.05, 4.69) is 25.8 Å². The van der Waals surface area contributed by atoms with Gasteiger partial charge < -0.3 is 20.1 Å². The first kappa shape index (κ1) is 15.9. The number of benzene rings is 1. The number of nitrogens with one attached hydrogen (secondary N) is 2. The van der Waals surface area contributed by atoms with Gasteiger partial charge in [0.15, 0.2) is 17.3 Å². The standard InChI is InChI=1S/C18H23N5O2/c1-2-4-6-13(5-3-1)20-17-12-19-23-18(22-17)21-14-7-8-15-16(11-14)25-10-9-24-15/h7-8,11-13H,1-6,9-10H2,(H2,20,21,22,23). The molecule has 0 amide bonds. The molecule has 7 nitrogen and oxygen atoms in total. The summed E-state index contributed by atoms with van der Waals surface area (Å²) in [5.41, 5.74) is 0.845. The van der Waals surface area contributed by atoms with E-state index in [9.17, 15) is 0 Å². The summed E-state index contributed by atoms with van der Waals surface area (Å²) in [6.45, 7) is 1.15. The number of fused-ring (bicyclic) bond motifs is 1. The first-order valence-corrected chi connectivity index (χ1v) is 9.00. The van der Waals surface area contributed by atoms with E-state index in [1.807, 2.05) is 18.2 Å². The van der Waals surface area contributed by atoms with Gasteiger partial charge in [0.05, 0.1) is 6.20 Å². The lowest BCUT2D eigenvalue weighted by Crippen LogP contribution is -2.19. The highest BCUT2D eigenvalue weighted by Crippen LogP contribution is 2.33. The van der Waals surface area contributed by atoms with Crippen LogP contribution in [0.15, 0.2) is 24.4 Å². The molecule has 132 valence electrons. The molecular formula is C18H23N5O2. The van der Waals surface area contributed by atoms with Crippen LogP contribution in [0.2, 0.25) is 0 Å². The Hall–Kier alpha value is -2.57. The van der Waals surface area contributed by atoms with Crippen molar-refractivity contribution < 1.29 is 9.47 Å². The molecule has 0 spiro atoms. The van der Waals surface area contributed by atoms with Crippen molar-refractivity contribution in [2.24, 2.45) is 0 Å². The average Bonchev–Trinajstić information content (AvgIpc) is 2.91. The molecule has 4 rings (SSSR count). The first-order chi connectivity index (χ1) is 12.4. The molecule has 25 heavy (non-hydrogen) atoms. The van der Waals surface area contributed by atoms with Crippen LogP contribution in [0.5, 0.6) is 11.5 Å². The lowest BCUT2D eigenvalue weighted by Gasteiger charge is -2.19. The van der Waals surface area contributed by atoms with Gasteiger partial charge in [0.2, 0.25) is 5.95 Å². The molecular weight excluding hydrogens is 318 g/mol. The van der Waals surface area contributed by atoms with Gasteiger partial charge in [-0.05, 0) is 25.0 Å². The molecule has 1 aromatic heterocycles. The number of hydrogen-bond donors (Lipinski definition) is 2. The van der Waals surface area contributed by atoms with Gasteiger partial charge in [-0.1, -0.05) is 25.7 Å². The van der Waals surface area contributed by atoms with E-state index < -0.39 is 0 Å². The normalized spacial score (nSPS) is 17.6. The highest BCUT2D eigenvalue weighted by molar-refractivity contribution is 5.60. The molecule has 0 atom stereocenters. The third-order valence-corrected chi connectivity index (χ3v) is 4.56. The van der Waals surface area contributed by atoms with Gasteiger partial charge >= 0.3 is 0 Å². The minimum Gasteiger partial charge on any atom is -0.486 e. The summed E-state index contributed by atoms with van der Waals surface area (Å²) in [6, 6.07) is 6.17. The summed E-state index contributed by atoms with van der Waals surface area (Å²) in [4.78, 5) is 4.54. The van der Waals surface area contributed by atoms with Gasteiger partial charge in [0.1, 0.15) is 13.2 Å². The van der Waals surface area contributed by atoms with E-state index in [1.165, 1.54) is 38.5 Å². The van der Waals surface area contributed by atoms with E-state index in [-0.39, 0.29) is 0 Å². The van der Waals surface area contributed by atoms with Crippen LogP contribution >= 0.6 is 0 Å². The van der Waals surface area contributed by atoms with Crippen molar-refractivity contribution in [2.45, 2.75) is 44.6 Å². The van der Waals surface area contributed by atoms with Crippen LogP contribution in [-0.2, 0) is 0 Å². The Morgan fingerprint density at radius 3 is 2.60 bits per heavy atom. The Kier molecular flexibility index (Phi) is 4.81. The monoisotopic (exact) mass is 341 g/mol. The third-order valence-electron chi connectivity index (χ3n) is 4.56. The zero-order valence-electron chi connectivity index (χ0n) is 14.2. The second-order valence-corrected chi connectivity index (χ2v) is 6.48. The van der Waals surface area contributed by atoms with Crippen molar-refractivity contribution >= 4 is 17.5 Å². The maximum atomic E-state index is 5.60. The number of anilines is 3. The van der Waals surface area contributed by atoms with E-state index in [0.29, 0.717) is 25.2 Å². The van der Waals surface area contributed by atoms with Crippen LogP contribution < -0.4 is 20.1 Å². The van der Waals surface area contributed by atoms with Gasteiger partial charge in [-0.3, -0.25) is 0 Å². The SMILES string of the molecule is c1cc2c(cc1Nc1nncc(NC3CCCCCC3)n1)OCCO2. The van der Waals surface area contributed by atoms with Gasteiger partial charge in [0.25, 0.3) is 0 Å². The zero-order chi connectivity index (χ0) is 16.9. The fraction of sp³-hybridized carbons (Fsp3) is 0.500. The predicted molar refractivity (Wildman–Crippen MR) is 95.7 cm³/mol. The van der Waals surface area contributed by atoms with Crippen molar-refractivity contribution in [3.8, 4) is 11.5 Å². The lowest BCUT2D eigenvalue weighted by molar-refractivity contribution is 0.171. The minimum absolute atomic E-state index is 0.468. The zero-order valence-corrected chi connectivity index (χ0v) is 14.2. The summed E-state index contributed by atoms with van der Waals surface area (Å²) in [5, 5.41) is 14.8. The van der Waals surface area contributed by atoms with Gasteiger partial charge in [-0.15, -0.1) is 5.10 Å². The van der Waals surface area contributed by atoms with E-state index >= 15 is 0 Å². The van der Waals surface area contributed by atoms with E-state index in [4.69, 9.17) is 9.47 Å². The fourth-order valence-electron chi connectivity index (χ4n) is 3.31. The number of rotatable bonds is 4. The number of hydrogen-bond acceptors (Lipinski definition) is 7. The third kappa shape index (κ3) is 4.10. The summed E-state index contributed by atoms with van der Waals surface area (Å²) in [7, 11) is 0. The summed E-state index contributed by atoms with van der Waals surface area (Å²) in [6.07, 6.45) is 9.27. The number of ether oxygens (including phenoxy) is 2. The largest absolute Gasteiger partial charge is 0.486 e. The molecule has 1 aliphatic carbocycles. The van der Waals surface area contributed by atoms with Crippen LogP contribution in [0.25, 0.3) is 0 Å². The number of aromatic nitrogens is 3. The van der Waals surface area contributed by atoms with Crippen LogP contribution in [0.3, 0.4) is 0 Å². The Bertz CT molecular complexity index is 716. The van der Waals surface area contributed by atoms with Crippen molar-refractivity contribution in [3.63, 3.8) is 0 Å². The van der Waals surface area contributed by atoms with Crippen molar-refractivity contribution in [2.75, 3.05) is 23.8 Å². The topological polar surface area (TPSA) is 81.2 Å². The summed E-state index contributed by atoms with van der Waals surface area (Å²) < 4.78 is 11.1. The predicted octanol–water partition coefficient (Wildman–Crippen LogP) is 3.52. The van der Waals surface area contributed by atoms with Crippen LogP contribution in [-0.4, -0.2) is 34.4 Å². The highest BCUT2D eigenvalue weighted by atomic mass is 16.6. The van der Waals surface area contributed by atoms with E-state index in [1.54, 1.807) is 6.20 Å². The van der Waals surface area contributed by atoms with Crippen LogP contribution in [0, 0.1) is 0 Å². The van der Waals surface area contributed by atoms with Crippen LogP contribution in [0.1, 0.15) is 38.5 Å². The molecule has 7 heteroatoms. The minimum atomic E-state index is 0.468. The Morgan fingerprint density at radius 2 is 1.76 bits per heavy atom. The first-order valence-electron chi connectivity index (χ1n) is 9.00. The Labute approximate surface area is 147 Å². The maximum absolute atomic E-state index is 5.60. The molecule has 0 bridgehead atoms. The highest BCUT2D eigenvalue weighted by Gasteiger charge is 2.14. The molecule has 2 aromatic rings. The average molecular weight is 341 g/mol. The fourth-order valence-corrected chi connectivity index (χ4v) is 3.31. The molecule has 1 aromatic carbocycles. The molecule has 1 saturated carbocycles. The van der Waals surface area contributed by atoms with Crippen molar-refractivity contribution in [1.82, 2.24) is 15.2 Å². The molecule has 0 radical (unpaired) electrons. The quantitative estimate of drug-likeness (QED) is 0.823.